The fourth-order valence-corrected chi connectivity index (χ4v) is 1.48. The molecule has 4 heteroatoms. The monoisotopic (exact) mass is 207 g/mol. The molecule has 0 radical (unpaired) electrons. The predicted octanol–water partition coefficient (Wildman–Crippen LogP) is 1.23. The molecule has 0 aromatic heterocycles. The first-order valence-corrected chi connectivity index (χ1v) is 4.81. The Morgan fingerprint density at radius 2 is 2.13 bits per heavy atom. The summed E-state index contributed by atoms with van der Waals surface area (Å²) in [5.74, 6) is 0.842. The second kappa shape index (κ2) is 4.31. The van der Waals surface area contributed by atoms with Crippen LogP contribution in [0, 0.1) is 0 Å². The molecular weight excluding hydrogens is 194 g/mol. The van der Waals surface area contributed by atoms with E-state index in [4.69, 9.17) is 9.47 Å². The maximum atomic E-state index is 11.2. The number of likely N-dealkylation sites (tertiary alicyclic amines) is 1. The van der Waals surface area contributed by atoms with Crippen LogP contribution < -0.4 is 4.74 Å². The van der Waals surface area contributed by atoms with E-state index >= 15 is 0 Å². The molecule has 1 aromatic carbocycles. The Balaban J connectivity index is 1.93. The van der Waals surface area contributed by atoms with Crippen LogP contribution in [0.4, 0.5) is 0 Å². The topological polar surface area (TPSA) is 38.8 Å². The highest BCUT2D eigenvalue weighted by Crippen LogP contribution is 2.22. The third kappa shape index (κ3) is 2.10. The number of carbonyl (C=O) groups is 1. The SMILES string of the molecule is COCN1C(=O)CC1Oc1ccccc1. The average Bonchev–Trinajstić information content (AvgIpc) is 2.27. The van der Waals surface area contributed by atoms with Gasteiger partial charge in [-0.25, -0.2) is 0 Å². The standard InChI is InChI=1S/C11H13NO3/c1-14-8-12-10(13)7-11(12)15-9-5-3-2-4-6-9/h2-6,11H,7-8H2,1H3. The summed E-state index contributed by atoms with van der Waals surface area (Å²) in [7, 11) is 1.56. The third-order valence-electron chi connectivity index (χ3n) is 2.30. The van der Waals surface area contributed by atoms with Crippen LogP contribution >= 0.6 is 0 Å². The van der Waals surface area contributed by atoms with E-state index in [2.05, 4.69) is 0 Å². The van der Waals surface area contributed by atoms with Gasteiger partial charge in [-0.15, -0.1) is 0 Å². The van der Waals surface area contributed by atoms with Gasteiger partial charge in [0.05, 0.1) is 6.42 Å². The summed E-state index contributed by atoms with van der Waals surface area (Å²) in [5, 5.41) is 0. The number of methoxy groups -OCH3 is 1. The summed E-state index contributed by atoms with van der Waals surface area (Å²) < 4.78 is 10.5. The Morgan fingerprint density at radius 1 is 1.40 bits per heavy atom. The summed E-state index contributed by atoms with van der Waals surface area (Å²) >= 11 is 0. The largest absolute Gasteiger partial charge is 0.470 e. The van der Waals surface area contributed by atoms with Crippen molar-refractivity contribution in [1.82, 2.24) is 4.90 Å². The van der Waals surface area contributed by atoms with Crippen molar-refractivity contribution >= 4 is 5.91 Å². The predicted molar refractivity (Wildman–Crippen MR) is 54.2 cm³/mol. The van der Waals surface area contributed by atoms with Crippen LogP contribution in [0.3, 0.4) is 0 Å². The molecule has 0 N–H and O–H groups in total. The second-order valence-corrected chi connectivity index (χ2v) is 3.37. The maximum absolute atomic E-state index is 11.2. The molecule has 2 rings (SSSR count). The maximum Gasteiger partial charge on any atom is 0.233 e. The molecule has 1 saturated heterocycles. The molecule has 1 unspecified atom stereocenters. The summed E-state index contributed by atoms with van der Waals surface area (Å²) in [6.07, 6.45) is 0.248. The lowest BCUT2D eigenvalue weighted by atomic mass is 10.2. The molecule has 0 bridgehead atoms. The molecule has 80 valence electrons. The summed E-state index contributed by atoms with van der Waals surface area (Å²) in [5.41, 5.74) is 0. The number of rotatable bonds is 4. The van der Waals surface area contributed by atoms with Crippen molar-refractivity contribution in [2.75, 3.05) is 13.8 Å². The zero-order valence-electron chi connectivity index (χ0n) is 8.55. The minimum atomic E-state index is -0.181. The molecule has 1 aliphatic heterocycles. The van der Waals surface area contributed by atoms with Gasteiger partial charge in [0.2, 0.25) is 5.91 Å². The van der Waals surface area contributed by atoms with Crippen LogP contribution in [0.5, 0.6) is 5.75 Å². The Kier molecular flexibility index (Phi) is 2.87. The van der Waals surface area contributed by atoms with Gasteiger partial charge < -0.3 is 9.47 Å². The summed E-state index contributed by atoms with van der Waals surface area (Å²) in [6, 6.07) is 9.46. The molecule has 0 saturated carbocycles. The van der Waals surface area contributed by atoms with Gasteiger partial charge in [0.1, 0.15) is 12.5 Å². The van der Waals surface area contributed by atoms with Crippen molar-refractivity contribution < 1.29 is 14.3 Å². The van der Waals surface area contributed by atoms with E-state index < -0.39 is 0 Å². The van der Waals surface area contributed by atoms with Crippen LogP contribution in [-0.2, 0) is 9.53 Å². The second-order valence-electron chi connectivity index (χ2n) is 3.37. The molecule has 1 heterocycles. The highest BCUT2D eigenvalue weighted by atomic mass is 16.5. The summed E-state index contributed by atoms with van der Waals surface area (Å²) in [6.45, 7) is 0.288. The molecule has 4 nitrogen and oxygen atoms in total. The van der Waals surface area contributed by atoms with E-state index in [1.54, 1.807) is 12.0 Å². The number of hydrogen-bond donors (Lipinski definition) is 0. The number of amides is 1. The zero-order valence-corrected chi connectivity index (χ0v) is 8.55. The van der Waals surface area contributed by atoms with Gasteiger partial charge in [-0.3, -0.25) is 9.69 Å². The molecular formula is C11H13NO3. The highest BCUT2D eigenvalue weighted by molar-refractivity contribution is 5.82. The number of carbonyl (C=O) groups excluding carboxylic acids is 1. The van der Waals surface area contributed by atoms with Gasteiger partial charge in [0.15, 0.2) is 6.23 Å². The Labute approximate surface area is 88.4 Å². The van der Waals surface area contributed by atoms with Crippen LogP contribution in [0.25, 0.3) is 0 Å². The molecule has 1 amide bonds. The van der Waals surface area contributed by atoms with Crippen LogP contribution in [0.15, 0.2) is 30.3 Å². The minimum Gasteiger partial charge on any atom is -0.470 e. The van der Waals surface area contributed by atoms with Crippen molar-refractivity contribution in [3.63, 3.8) is 0 Å². The quantitative estimate of drug-likeness (QED) is 0.697. The van der Waals surface area contributed by atoms with E-state index in [1.807, 2.05) is 30.3 Å². The molecule has 1 fully saturated rings. The van der Waals surface area contributed by atoms with Crippen LogP contribution in [0.1, 0.15) is 6.42 Å². The lowest BCUT2D eigenvalue weighted by molar-refractivity contribution is -0.171. The lowest BCUT2D eigenvalue weighted by Crippen LogP contribution is -2.56. The Hall–Kier alpha value is -1.55. The van der Waals surface area contributed by atoms with Gasteiger partial charge in [-0.05, 0) is 12.1 Å². The van der Waals surface area contributed by atoms with Crippen molar-refractivity contribution in [1.29, 1.82) is 0 Å². The number of ether oxygens (including phenoxy) is 2. The number of nitrogens with zero attached hydrogens (tertiary/aromatic N) is 1. The molecule has 15 heavy (non-hydrogen) atoms. The first-order valence-electron chi connectivity index (χ1n) is 4.81. The van der Waals surface area contributed by atoms with Crippen molar-refractivity contribution in [3.8, 4) is 5.75 Å². The molecule has 0 aliphatic carbocycles. The van der Waals surface area contributed by atoms with E-state index in [0.29, 0.717) is 6.42 Å². The average molecular weight is 207 g/mol. The van der Waals surface area contributed by atoms with E-state index in [0.717, 1.165) is 5.75 Å². The van der Waals surface area contributed by atoms with Crippen molar-refractivity contribution in [2.45, 2.75) is 12.6 Å². The molecule has 1 aromatic rings. The Morgan fingerprint density at radius 3 is 2.73 bits per heavy atom. The van der Waals surface area contributed by atoms with E-state index in [9.17, 15) is 4.79 Å². The van der Waals surface area contributed by atoms with Gasteiger partial charge in [-0.1, -0.05) is 18.2 Å². The van der Waals surface area contributed by atoms with Gasteiger partial charge >= 0.3 is 0 Å². The van der Waals surface area contributed by atoms with E-state index in [1.165, 1.54) is 0 Å². The first kappa shape index (κ1) is 9.98. The zero-order chi connectivity index (χ0) is 10.7. The van der Waals surface area contributed by atoms with E-state index in [-0.39, 0.29) is 18.9 Å². The number of benzene rings is 1. The third-order valence-corrected chi connectivity index (χ3v) is 2.30. The first-order chi connectivity index (χ1) is 7.31. The smallest absolute Gasteiger partial charge is 0.233 e. The van der Waals surface area contributed by atoms with Crippen LogP contribution in [0.2, 0.25) is 0 Å². The normalized spacial score (nSPS) is 19.9. The molecule has 1 atom stereocenters. The fourth-order valence-electron chi connectivity index (χ4n) is 1.48. The van der Waals surface area contributed by atoms with Gasteiger partial charge in [0, 0.05) is 7.11 Å². The minimum absolute atomic E-state index is 0.0674. The number of β-lactam (4-membered cyclic amide) rings is 1. The van der Waals surface area contributed by atoms with Crippen molar-refractivity contribution in [3.05, 3.63) is 30.3 Å². The lowest BCUT2D eigenvalue weighted by Gasteiger charge is -2.39. The van der Waals surface area contributed by atoms with Crippen LogP contribution in [-0.4, -0.2) is 30.9 Å². The number of para-hydroxylation sites is 1. The fraction of sp³-hybridized carbons (Fsp3) is 0.364. The van der Waals surface area contributed by atoms with Gasteiger partial charge in [0.25, 0.3) is 0 Å². The molecule has 1 aliphatic rings. The summed E-state index contributed by atoms with van der Waals surface area (Å²) in [4.78, 5) is 12.7. The highest BCUT2D eigenvalue weighted by Gasteiger charge is 2.37. The van der Waals surface area contributed by atoms with Gasteiger partial charge in [-0.2, -0.15) is 0 Å². The number of hydrogen-bond acceptors (Lipinski definition) is 3. The molecule has 0 spiro atoms. The Bertz CT molecular complexity index is 339. The van der Waals surface area contributed by atoms with Crippen molar-refractivity contribution in [2.24, 2.45) is 0 Å².